The maximum atomic E-state index is 12.8. The molecule has 3 rings (SSSR count). The van der Waals surface area contributed by atoms with E-state index in [1.54, 1.807) is 6.20 Å². The van der Waals surface area contributed by atoms with Crippen LogP contribution in [0.15, 0.2) is 65.3 Å². The van der Waals surface area contributed by atoms with Crippen molar-refractivity contribution in [1.82, 2.24) is 9.88 Å². The molecule has 4 heteroatoms. The molecule has 0 aliphatic carbocycles. The van der Waals surface area contributed by atoms with Gasteiger partial charge in [-0.25, -0.2) is 0 Å². The normalized spacial score (nSPS) is 10.7. The fraction of sp³-hybridized carbons (Fsp3) is 0.158. The smallest absolute Gasteiger partial charge is 0.254 e. The summed E-state index contributed by atoms with van der Waals surface area (Å²) in [5.74, 6) is 0.0305. The van der Waals surface area contributed by atoms with Crippen LogP contribution in [-0.4, -0.2) is 22.3 Å². The van der Waals surface area contributed by atoms with Gasteiger partial charge in [0.2, 0.25) is 0 Å². The molecule has 23 heavy (non-hydrogen) atoms. The van der Waals surface area contributed by atoms with E-state index >= 15 is 0 Å². The molecular formula is C19H17BrN2O. The molecule has 0 atom stereocenters. The first-order chi connectivity index (χ1) is 11.2. The molecule has 2 aromatic carbocycles. The van der Waals surface area contributed by atoms with Crippen molar-refractivity contribution in [2.24, 2.45) is 0 Å². The number of pyridine rings is 1. The van der Waals surface area contributed by atoms with E-state index < -0.39 is 0 Å². The molecule has 3 nitrogen and oxygen atoms in total. The average Bonchev–Trinajstić information content (AvgIpc) is 2.60. The predicted molar refractivity (Wildman–Crippen MR) is 96.3 cm³/mol. The first kappa shape index (κ1) is 15.7. The molecule has 0 aliphatic rings. The average molecular weight is 369 g/mol. The second kappa shape index (κ2) is 6.92. The largest absolute Gasteiger partial charge is 0.335 e. The number of nitrogens with zero attached hydrogens (tertiary/aromatic N) is 2. The summed E-state index contributed by atoms with van der Waals surface area (Å²) in [4.78, 5) is 18.9. The van der Waals surface area contributed by atoms with Crippen molar-refractivity contribution in [2.45, 2.75) is 13.5 Å². The highest BCUT2D eigenvalue weighted by Gasteiger charge is 2.15. The Morgan fingerprint density at radius 3 is 2.65 bits per heavy atom. The zero-order chi connectivity index (χ0) is 16.2. The maximum Gasteiger partial charge on any atom is 0.254 e. The van der Waals surface area contributed by atoms with Gasteiger partial charge in [0.25, 0.3) is 5.91 Å². The lowest BCUT2D eigenvalue weighted by atomic mass is 10.1. The third-order valence-electron chi connectivity index (χ3n) is 3.81. The summed E-state index contributed by atoms with van der Waals surface area (Å²) in [5, 5.41) is 1.04. The van der Waals surface area contributed by atoms with Gasteiger partial charge in [-0.15, -0.1) is 0 Å². The number of hydrogen-bond donors (Lipinski definition) is 0. The van der Waals surface area contributed by atoms with E-state index in [1.807, 2.05) is 66.4 Å². The quantitative estimate of drug-likeness (QED) is 0.670. The van der Waals surface area contributed by atoms with Gasteiger partial charge in [0, 0.05) is 34.7 Å². The molecule has 0 bridgehead atoms. The van der Waals surface area contributed by atoms with E-state index in [4.69, 9.17) is 0 Å². The number of aromatic nitrogens is 1. The Bertz CT molecular complexity index is 830. The minimum atomic E-state index is 0.0305. The Morgan fingerprint density at radius 1 is 1.13 bits per heavy atom. The van der Waals surface area contributed by atoms with Gasteiger partial charge in [0.05, 0.1) is 5.52 Å². The molecule has 1 aromatic heterocycles. The van der Waals surface area contributed by atoms with Crippen LogP contribution in [0.4, 0.5) is 0 Å². The van der Waals surface area contributed by atoms with Crippen LogP contribution in [-0.2, 0) is 6.54 Å². The molecule has 0 spiro atoms. The summed E-state index contributed by atoms with van der Waals surface area (Å²) < 4.78 is 1.04. The van der Waals surface area contributed by atoms with Crippen LogP contribution in [0.1, 0.15) is 22.8 Å². The van der Waals surface area contributed by atoms with Crippen LogP contribution in [0.5, 0.6) is 0 Å². The molecule has 3 aromatic rings. The van der Waals surface area contributed by atoms with Crippen LogP contribution in [0.2, 0.25) is 0 Å². The van der Waals surface area contributed by atoms with Crippen molar-refractivity contribution in [3.63, 3.8) is 0 Å². The Hall–Kier alpha value is -2.20. The van der Waals surface area contributed by atoms with E-state index in [9.17, 15) is 4.79 Å². The second-order valence-corrected chi connectivity index (χ2v) is 6.27. The van der Waals surface area contributed by atoms with Crippen molar-refractivity contribution < 1.29 is 4.79 Å². The van der Waals surface area contributed by atoms with E-state index in [1.165, 1.54) is 0 Å². The highest BCUT2D eigenvalue weighted by Crippen LogP contribution is 2.17. The van der Waals surface area contributed by atoms with Crippen LogP contribution in [0.3, 0.4) is 0 Å². The monoisotopic (exact) mass is 368 g/mol. The number of carbonyl (C=O) groups is 1. The lowest BCUT2D eigenvalue weighted by molar-refractivity contribution is 0.0752. The molecule has 1 heterocycles. The number of hydrogen-bond acceptors (Lipinski definition) is 2. The molecule has 116 valence electrons. The first-order valence-electron chi connectivity index (χ1n) is 7.56. The second-order valence-electron chi connectivity index (χ2n) is 5.36. The van der Waals surface area contributed by atoms with Crippen molar-refractivity contribution in [1.29, 1.82) is 0 Å². The molecule has 0 aliphatic heterocycles. The van der Waals surface area contributed by atoms with Gasteiger partial charge < -0.3 is 4.90 Å². The minimum absolute atomic E-state index is 0.0305. The van der Waals surface area contributed by atoms with Gasteiger partial charge in [-0.05, 0) is 42.8 Å². The predicted octanol–water partition coefficient (Wildman–Crippen LogP) is 4.66. The summed E-state index contributed by atoms with van der Waals surface area (Å²) in [6.07, 6.45) is 1.75. The molecular weight excluding hydrogens is 352 g/mol. The molecule has 0 unspecified atom stereocenters. The Balaban J connectivity index is 1.84. The van der Waals surface area contributed by atoms with Crippen molar-refractivity contribution in [3.8, 4) is 0 Å². The third-order valence-corrected chi connectivity index (χ3v) is 4.34. The zero-order valence-corrected chi connectivity index (χ0v) is 14.5. The third kappa shape index (κ3) is 3.59. The zero-order valence-electron chi connectivity index (χ0n) is 12.9. The standard InChI is InChI=1S/C19H17BrN2O/c1-2-22(13-14-5-9-17(20)10-6-14)19(23)16-8-7-15-4-3-11-21-18(15)12-16/h3-12H,2,13H2,1H3. The summed E-state index contributed by atoms with van der Waals surface area (Å²) >= 11 is 3.43. The highest BCUT2D eigenvalue weighted by atomic mass is 79.9. The van der Waals surface area contributed by atoms with Gasteiger partial charge in [-0.3, -0.25) is 9.78 Å². The van der Waals surface area contributed by atoms with Crippen LogP contribution in [0, 0.1) is 0 Å². The van der Waals surface area contributed by atoms with E-state index in [0.29, 0.717) is 18.7 Å². The Labute approximate surface area is 144 Å². The fourth-order valence-electron chi connectivity index (χ4n) is 2.52. The molecule has 0 N–H and O–H groups in total. The van der Waals surface area contributed by atoms with Crippen LogP contribution in [0.25, 0.3) is 10.9 Å². The van der Waals surface area contributed by atoms with E-state index in [-0.39, 0.29) is 5.91 Å². The summed E-state index contributed by atoms with van der Waals surface area (Å²) in [7, 11) is 0. The molecule has 1 amide bonds. The number of benzene rings is 2. The van der Waals surface area contributed by atoms with Gasteiger partial charge in [0.1, 0.15) is 0 Å². The van der Waals surface area contributed by atoms with Crippen molar-refractivity contribution >= 4 is 32.7 Å². The topological polar surface area (TPSA) is 33.2 Å². The molecule has 0 fully saturated rings. The maximum absolute atomic E-state index is 12.8. The molecule has 0 saturated heterocycles. The van der Waals surface area contributed by atoms with Gasteiger partial charge >= 0.3 is 0 Å². The molecule has 0 saturated carbocycles. The molecule has 0 radical (unpaired) electrons. The number of carbonyl (C=O) groups excluding carboxylic acids is 1. The van der Waals surface area contributed by atoms with Gasteiger partial charge in [-0.2, -0.15) is 0 Å². The van der Waals surface area contributed by atoms with Gasteiger partial charge in [-0.1, -0.05) is 40.2 Å². The summed E-state index contributed by atoms with van der Waals surface area (Å²) in [6.45, 7) is 3.26. The Morgan fingerprint density at radius 2 is 1.91 bits per heavy atom. The Kier molecular flexibility index (Phi) is 4.72. The number of rotatable bonds is 4. The van der Waals surface area contributed by atoms with Crippen molar-refractivity contribution in [2.75, 3.05) is 6.54 Å². The number of halogens is 1. The summed E-state index contributed by atoms with van der Waals surface area (Å²) in [5.41, 5.74) is 2.63. The number of fused-ring (bicyclic) bond motifs is 1. The first-order valence-corrected chi connectivity index (χ1v) is 8.35. The minimum Gasteiger partial charge on any atom is -0.335 e. The fourth-order valence-corrected chi connectivity index (χ4v) is 2.78. The lowest BCUT2D eigenvalue weighted by Crippen LogP contribution is -2.30. The van der Waals surface area contributed by atoms with E-state index in [2.05, 4.69) is 20.9 Å². The summed E-state index contributed by atoms with van der Waals surface area (Å²) in [6, 6.07) is 17.6. The van der Waals surface area contributed by atoms with Crippen LogP contribution < -0.4 is 0 Å². The van der Waals surface area contributed by atoms with E-state index in [0.717, 1.165) is 20.9 Å². The van der Waals surface area contributed by atoms with Crippen molar-refractivity contribution in [3.05, 3.63) is 76.4 Å². The van der Waals surface area contributed by atoms with Crippen LogP contribution >= 0.6 is 15.9 Å². The lowest BCUT2D eigenvalue weighted by Gasteiger charge is -2.21. The highest BCUT2D eigenvalue weighted by molar-refractivity contribution is 9.10. The van der Waals surface area contributed by atoms with Gasteiger partial charge in [0.15, 0.2) is 0 Å². The SMILES string of the molecule is CCN(Cc1ccc(Br)cc1)C(=O)c1ccc2cccnc2c1. The number of amides is 1.